The van der Waals surface area contributed by atoms with Crippen molar-refractivity contribution >= 4 is 40.5 Å². The first-order valence-corrected chi connectivity index (χ1v) is 14.3. The summed E-state index contributed by atoms with van der Waals surface area (Å²) >= 11 is 6.08. The van der Waals surface area contributed by atoms with Gasteiger partial charge in [0.1, 0.15) is 5.92 Å². The van der Waals surface area contributed by atoms with Gasteiger partial charge in [-0.05, 0) is 77.7 Å². The molecule has 0 saturated carbocycles. The smallest absolute Gasteiger partial charge is 0.251 e. The van der Waals surface area contributed by atoms with Gasteiger partial charge in [-0.3, -0.25) is 14.6 Å². The van der Waals surface area contributed by atoms with Crippen LogP contribution in [0.3, 0.4) is 0 Å². The number of anilines is 1. The second-order valence-electron chi connectivity index (χ2n) is 10.1. The van der Waals surface area contributed by atoms with E-state index in [1.54, 1.807) is 24.3 Å². The number of carbonyl (C=O) groups excluding carboxylic acids is 2. The summed E-state index contributed by atoms with van der Waals surface area (Å²) in [6, 6.07) is 30.5. The Labute approximate surface area is 245 Å². The molecule has 1 heterocycles. The first-order valence-electron chi connectivity index (χ1n) is 13.9. The Morgan fingerprint density at radius 2 is 1.68 bits per heavy atom. The summed E-state index contributed by atoms with van der Waals surface area (Å²) < 4.78 is 0. The first kappa shape index (κ1) is 28.3. The fourth-order valence-corrected chi connectivity index (χ4v) is 5.09. The third-order valence-corrected chi connectivity index (χ3v) is 7.29. The molecule has 5 rings (SSSR count). The number of hydrogen-bond acceptors (Lipinski definition) is 4. The van der Waals surface area contributed by atoms with Crippen LogP contribution in [0.5, 0.6) is 0 Å². The lowest BCUT2D eigenvalue weighted by atomic mass is 9.89. The summed E-state index contributed by atoms with van der Waals surface area (Å²) in [6.45, 7) is 4.32. The van der Waals surface area contributed by atoms with Gasteiger partial charge in [-0.25, -0.2) is 0 Å². The van der Waals surface area contributed by atoms with E-state index in [9.17, 15) is 9.59 Å². The highest BCUT2D eigenvalue weighted by molar-refractivity contribution is 6.30. The zero-order valence-corrected chi connectivity index (χ0v) is 23.7. The second-order valence-corrected chi connectivity index (χ2v) is 10.5. The van der Waals surface area contributed by atoms with Crippen LogP contribution in [-0.4, -0.2) is 24.1 Å². The molecule has 7 heteroatoms. The monoisotopic (exact) mass is 564 g/mol. The average Bonchev–Trinajstić information content (AvgIpc) is 3.32. The van der Waals surface area contributed by atoms with Crippen molar-refractivity contribution in [3.63, 3.8) is 0 Å². The number of nitrogens with one attached hydrogen (secondary N) is 3. The van der Waals surface area contributed by atoms with Gasteiger partial charge in [-0.2, -0.15) is 0 Å². The van der Waals surface area contributed by atoms with E-state index in [2.05, 4.69) is 35.0 Å². The molecule has 2 amide bonds. The topological polar surface area (TPSA) is 82.6 Å². The standard InChI is InChI=1S/C34H33ClN4O2/c1-2-3-18-36-21-23-12-15-28(16-13-23)38-32(25-9-5-4-6-10-25)31-29-20-26(14-17-30(29)39-34(31)41)33(40)37-22-24-8-7-11-27(35)19-24/h4-17,19-20,31,36H,2-3,18,21-22H2,1H3,(H,37,40)(H,39,41). The van der Waals surface area contributed by atoms with Gasteiger partial charge in [0.15, 0.2) is 0 Å². The van der Waals surface area contributed by atoms with E-state index < -0.39 is 5.92 Å². The van der Waals surface area contributed by atoms with E-state index in [-0.39, 0.29) is 11.8 Å². The molecule has 0 radical (unpaired) electrons. The molecule has 0 saturated heterocycles. The number of benzene rings is 4. The largest absolute Gasteiger partial charge is 0.348 e. The summed E-state index contributed by atoms with van der Waals surface area (Å²) in [5.74, 6) is -1.06. The predicted octanol–water partition coefficient (Wildman–Crippen LogP) is 7.02. The number of amides is 2. The highest BCUT2D eigenvalue weighted by atomic mass is 35.5. The molecule has 4 aromatic carbocycles. The van der Waals surface area contributed by atoms with Gasteiger partial charge in [0, 0.05) is 29.4 Å². The zero-order valence-electron chi connectivity index (χ0n) is 23.0. The number of carbonyl (C=O) groups is 2. The lowest BCUT2D eigenvalue weighted by molar-refractivity contribution is -0.115. The van der Waals surface area contributed by atoms with Crippen molar-refractivity contribution in [1.82, 2.24) is 10.6 Å². The maximum Gasteiger partial charge on any atom is 0.251 e. The van der Waals surface area contributed by atoms with E-state index in [0.717, 1.165) is 48.3 Å². The minimum atomic E-state index is -0.663. The molecule has 1 unspecified atom stereocenters. The molecule has 0 spiro atoms. The molecule has 4 aromatic rings. The van der Waals surface area contributed by atoms with Crippen molar-refractivity contribution in [2.45, 2.75) is 38.8 Å². The number of fused-ring (bicyclic) bond motifs is 1. The number of hydrogen-bond donors (Lipinski definition) is 3. The molecule has 0 fully saturated rings. The Hall–Kier alpha value is -4.26. The summed E-state index contributed by atoms with van der Waals surface area (Å²) in [7, 11) is 0. The van der Waals surface area contributed by atoms with Crippen molar-refractivity contribution < 1.29 is 9.59 Å². The summed E-state index contributed by atoms with van der Waals surface area (Å²) in [5, 5.41) is 10.0. The van der Waals surface area contributed by atoms with Crippen LogP contribution in [0.25, 0.3) is 0 Å². The van der Waals surface area contributed by atoms with Crippen molar-refractivity contribution in [3.8, 4) is 0 Å². The quantitative estimate of drug-likeness (QED) is 0.135. The van der Waals surface area contributed by atoms with Crippen molar-refractivity contribution in [2.24, 2.45) is 4.99 Å². The maximum absolute atomic E-state index is 13.4. The number of unbranched alkanes of at least 4 members (excludes halogenated alkanes) is 1. The summed E-state index contributed by atoms with van der Waals surface area (Å²) in [6.07, 6.45) is 2.31. The fraction of sp³-hybridized carbons (Fsp3) is 0.206. The van der Waals surface area contributed by atoms with E-state index in [1.165, 1.54) is 5.56 Å². The Morgan fingerprint density at radius 3 is 2.44 bits per heavy atom. The van der Waals surface area contributed by atoms with Crippen LogP contribution in [0, 0.1) is 0 Å². The molecule has 6 nitrogen and oxygen atoms in total. The van der Waals surface area contributed by atoms with E-state index in [0.29, 0.717) is 28.5 Å². The van der Waals surface area contributed by atoms with Gasteiger partial charge in [0.05, 0.1) is 11.4 Å². The number of nitrogens with zero attached hydrogens (tertiary/aromatic N) is 1. The van der Waals surface area contributed by atoms with Crippen LogP contribution in [0.1, 0.15) is 58.3 Å². The maximum atomic E-state index is 13.4. The highest BCUT2D eigenvalue weighted by Gasteiger charge is 2.36. The Balaban J connectivity index is 1.42. The first-order chi connectivity index (χ1) is 20.0. The van der Waals surface area contributed by atoms with Gasteiger partial charge in [0.2, 0.25) is 5.91 Å². The normalized spacial score (nSPS) is 14.4. The van der Waals surface area contributed by atoms with Crippen LogP contribution in [0.15, 0.2) is 102 Å². The van der Waals surface area contributed by atoms with Crippen LogP contribution in [0.2, 0.25) is 5.02 Å². The van der Waals surface area contributed by atoms with Crippen LogP contribution in [-0.2, 0) is 17.9 Å². The number of aliphatic imine (C=N–C) groups is 1. The van der Waals surface area contributed by atoms with Gasteiger partial charge in [-0.1, -0.05) is 79.5 Å². The summed E-state index contributed by atoms with van der Waals surface area (Å²) in [4.78, 5) is 31.4. The molecule has 0 aromatic heterocycles. The third kappa shape index (κ3) is 7.09. The van der Waals surface area contributed by atoms with Crippen LogP contribution >= 0.6 is 11.6 Å². The molecular weight excluding hydrogens is 532 g/mol. The Morgan fingerprint density at radius 1 is 0.878 bits per heavy atom. The number of rotatable bonds is 11. The van der Waals surface area contributed by atoms with Gasteiger partial charge >= 0.3 is 0 Å². The molecule has 1 aliphatic heterocycles. The van der Waals surface area contributed by atoms with Crippen molar-refractivity contribution in [3.05, 3.63) is 130 Å². The molecule has 1 atom stereocenters. The molecular formula is C34H33ClN4O2. The van der Waals surface area contributed by atoms with Gasteiger partial charge in [0.25, 0.3) is 5.91 Å². The fourth-order valence-electron chi connectivity index (χ4n) is 4.87. The minimum Gasteiger partial charge on any atom is -0.348 e. The summed E-state index contributed by atoms with van der Waals surface area (Å²) in [5.41, 5.74) is 6.21. The molecule has 0 bridgehead atoms. The van der Waals surface area contributed by atoms with E-state index in [4.69, 9.17) is 16.6 Å². The lowest BCUT2D eigenvalue weighted by Gasteiger charge is -2.15. The lowest BCUT2D eigenvalue weighted by Crippen LogP contribution is -2.24. The van der Waals surface area contributed by atoms with Crippen molar-refractivity contribution in [2.75, 3.05) is 11.9 Å². The highest BCUT2D eigenvalue weighted by Crippen LogP contribution is 2.37. The average molecular weight is 565 g/mol. The minimum absolute atomic E-state index is 0.171. The van der Waals surface area contributed by atoms with E-state index >= 15 is 0 Å². The Kier molecular flexibility index (Phi) is 9.24. The molecule has 1 aliphatic rings. The second kappa shape index (κ2) is 13.4. The molecule has 41 heavy (non-hydrogen) atoms. The molecule has 208 valence electrons. The van der Waals surface area contributed by atoms with Crippen LogP contribution < -0.4 is 16.0 Å². The van der Waals surface area contributed by atoms with Gasteiger partial charge < -0.3 is 16.0 Å². The third-order valence-electron chi connectivity index (χ3n) is 7.05. The van der Waals surface area contributed by atoms with Crippen LogP contribution in [0.4, 0.5) is 11.4 Å². The Bertz CT molecular complexity index is 1550. The predicted molar refractivity (Wildman–Crippen MR) is 166 cm³/mol. The SMILES string of the molecule is CCCCNCc1ccc(N=C(c2ccccc2)C2C(=O)Nc3ccc(C(=O)NCc4cccc(Cl)c4)cc32)cc1. The van der Waals surface area contributed by atoms with Crippen molar-refractivity contribution in [1.29, 1.82) is 0 Å². The number of halogens is 1. The molecule has 0 aliphatic carbocycles. The van der Waals surface area contributed by atoms with Gasteiger partial charge in [-0.15, -0.1) is 0 Å². The van der Waals surface area contributed by atoms with E-state index in [1.807, 2.05) is 60.7 Å². The molecule has 3 N–H and O–H groups in total. The zero-order chi connectivity index (χ0) is 28.6.